The smallest absolute Gasteiger partial charge is 0.133 e. The monoisotopic (exact) mass is 258 g/mol. The van der Waals surface area contributed by atoms with Gasteiger partial charge in [-0.15, -0.1) is 11.3 Å². The van der Waals surface area contributed by atoms with Crippen LogP contribution >= 0.6 is 11.3 Å². The molecule has 2 rings (SSSR count). The topological polar surface area (TPSA) is 75.6 Å². The van der Waals surface area contributed by atoms with Gasteiger partial charge in [0.05, 0.1) is 10.6 Å². The van der Waals surface area contributed by atoms with Crippen LogP contribution in [-0.4, -0.2) is 9.97 Å². The minimum absolute atomic E-state index is 0.224. The molecule has 0 aliphatic rings. The Kier molecular flexibility index (Phi) is 3.30. The Bertz CT molecular complexity index is 622. The molecule has 0 saturated carbocycles. The molecule has 92 valence electrons. The van der Waals surface area contributed by atoms with Gasteiger partial charge in [0.2, 0.25) is 0 Å². The Hall–Kier alpha value is -1.93. The lowest BCUT2D eigenvalue weighted by Crippen LogP contribution is -2.05. The molecule has 0 atom stereocenters. The highest BCUT2D eigenvalue weighted by molar-refractivity contribution is 7.16. The van der Waals surface area contributed by atoms with Crippen molar-refractivity contribution in [2.24, 2.45) is 0 Å². The van der Waals surface area contributed by atoms with E-state index in [0.29, 0.717) is 10.7 Å². The summed E-state index contributed by atoms with van der Waals surface area (Å²) in [5.41, 5.74) is 7.62. The molecule has 2 heterocycles. The quantitative estimate of drug-likeness (QED) is 0.898. The molecule has 0 amide bonds. The molecule has 4 nitrogen and oxygen atoms in total. The molecule has 0 aliphatic carbocycles. The van der Waals surface area contributed by atoms with E-state index in [9.17, 15) is 0 Å². The minimum Gasteiger partial charge on any atom is -0.383 e. The van der Waals surface area contributed by atoms with Gasteiger partial charge in [-0.2, -0.15) is 5.26 Å². The van der Waals surface area contributed by atoms with E-state index in [2.05, 4.69) is 16.0 Å². The Morgan fingerprint density at radius 3 is 2.61 bits per heavy atom. The minimum atomic E-state index is 0.224. The zero-order chi connectivity index (χ0) is 13.3. The van der Waals surface area contributed by atoms with Crippen molar-refractivity contribution in [1.29, 1.82) is 5.26 Å². The summed E-state index contributed by atoms with van der Waals surface area (Å²) >= 11 is 1.42. The van der Waals surface area contributed by atoms with Crippen LogP contribution in [0, 0.1) is 18.3 Å². The highest BCUT2D eigenvalue weighted by atomic mass is 32.1. The van der Waals surface area contributed by atoms with E-state index in [0.717, 1.165) is 22.0 Å². The predicted molar refractivity (Wildman–Crippen MR) is 73.3 cm³/mol. The third-order valence-electron chi connectivity index (χ3n) is 2.67. The Labute approximate surface area is 110 Å². The number of nitrogens with two attached hydrogens (primary N) is 1. The average molecular weight is 258 g/mol. The van der Waals surface area contributed by atoms with Gasteiger partial charge in [-0.25, -0.2) is 9.97 Å². The van der Waals surface area contributed by atoms with E-state index in [1.165, 1.54) is 11.3 Å². The van der Waals surface area contributed by atoms with E-state index in [1.807, 2.05) is 26.8 Å². The van der Waals surface area contributed by atoms with Crippen LogP contribution in [0.1, 0.15) is 36.0 Å². The summed E-state index contributed by atoms with van der Waals surface area (Å²) in [5, 5.41) is 8.87. The van der Waals surface area contributed by atoms with Gasteiger partial charge in [0.25, 0.3) is 0 Å². The molecule has 0 saturated heterocycles. The number of thiophene rings is 1. The van der Waals surface area contributed by atoms with Crippen LogP contribution in [0.2, 0.25) is 0 Å². The number of nitriles is 1. The first-order chi connectivity index (χ1) is 8.52. The van der Waals surface area contributed by atoms with Gasteiger partial charge < -0.3 is 5.73 Å². The molecule has 5 heteroatoms. The fourth-order valence-electron chi connectivity index (χ4n) is 1.58. The number of aromatic nitrogens is 2. The molecule has 0 fully saturated rings. The first kappa shape index (κ1) is 12.5. The van der Waals surface area contributed by atoms with Crippen LogP contribution in [-0.2, 0) is 0 Å². The molecule has 18 heavy (non-hydrogen) atoms. The van der Waals surface area contributed by atoms with Gasteiger partial charge in [0, 0.05) is 11.5 Å². The highest BCUT2D eigenvalue weighted by Crippen LogP contribution is 2.31. The maximum atomic E-state index is 8.87. The third-order valence-corrected chi connectivity index (χ3v) is 3.66. The first-order valence-electron chi connectivity index (χ1n) is 5.67. The van der Waals surface area contributed by atoms with Crippen molar-refractivity contribution in [2.75, 3.05) is 5.73 Å². The number of nitrogen functional groups attached to an aromatic ring is 1. The van der Waals surface area contributed by atoms with Crippen LogP contribution in [0.5, 0.6) is 0 Å². The normalized spacial score (nSPS) is 10.6. The summed E-state index contributed by atoms with van der Waals surface area (Å²) in [6.07, 6.45) is 0. The van der Waals surface area contributed by atoms with E-state index >= 15 is 0 Å². The summed E-state index contributed by atoms with van der Waals surface area (Å²) in [4.78, 5) is 10.5. The molecular weight excluding hydrogens is 244 g/mol. The lowest BCUT2D eigenvalue weighted by molar-refractivity contribution is 0.776. The number of anilines is 1. The first-order valence-corrected chi connectivity index (χ1v) is 6.49. The van der Waals surface area contributed by atoms with Crippen LogP contribution < -0.4 is 5.73 Å². The molecule has 0 unspecified atom stereocenters. The van der Waals surface area contributed by atoms with Crippen LogP contribution in [0.3, 0.4) is 0 Å². The van der Waals surface area contributed by atoms with Crippen molar-refractivity contribution in [1.82, 2.24) is 9.97 Å². The zero-order valence-corrected chi connectivity index (χ0v) is 11.4. The second kappa shape index (κ2) is 4.75. The maximum Gasteiger partial charge on any atom is 0.133 e. The van der Waals surface area contributed by atoms with Gasteiger partial charge in [-0.05, 0) is 19.1 Å². The van der Waals surface area contributed by atoms with Gasteiger partial charge >= 0.3 is 0 Å². The van der Waals surface area contributed by atoms with Crippen molar-refractivity contribution < 1.29 is 0 Å². The standard InChI is InChI=1S/C13H14N4S/c1-7(2)13-16-11(8(3)12(15)17-13)10-5-4-9(6-14)18-10/h4-5,7H,1-3H3,(H2,15,16,17). The Morgan fingerprint density at radius 1 is 1.33 bits per heavy atom. The predicted octanol–water partition coefficient (Wildman–Crippen LogP) is 3.09. The molecule has 2 N–H and O–H groups in total. The molecular formula is C13H14N4S. The van der Waals surface area contributed by atoms with Crippen LogP contribution in [0.15, 0.2) is 12.1 Å². The molecule has 2 aromatic rings. The second-order valence-electron chi connectivity index (χ2n) is 4.37. The Balaban J connectivity index is 2.59. The summed E-state index contributed by atoms with van der Waals surface area (Å²) in [6.45, 7) is 5.96. The SMILES string of the molecule is Cc1c(N)nc(C(C)C)nc1-c1ccc(C#N)s1. The Morgan fingerprint density at radius 2 is 2.06 bits per heavy atom. The van der Waals surface area contributed by atoms with Crippen molar-refractivity contribution in [3.63, 3.8) is 0 Å². The maximum absolute atomic E-state index is 8.87. The fourth-order valence-corrected chi connectivity index (χ4v) is 2.43. The highest BCUT2D eigenvalue weighted by Gasteiger charge is 2.14. The molecule has 0 spiro atoms. The van der Waals surface area contributed by atoms with E-state index in [1.54, 1.807) is 6.07 Å². The summed E-state index contributed by atoms with van der Waals surface area (Å²) in [6, 6.07) is 5.84. The molecule has 0 bridgehead atoms. The number of hydrogen-bond donors (Lipinski definition) is 1. The second-order valence-corrected chi connectivity index (χ2v) is 5.45. The lowest BCUT2D eigenvalue weighted by Gasteiger charge is -2.10. The summed E-state index contributed by atoms with van der Waals surface area (Å²) in [5.74, 6) is 1.47. The van der Waals surface area contributed by atoms with E-state index < -0.39 is 0 Å². The van der Waals surface area contributed by atoms with Crippen molar-refractivity contribution in [2.45, 2.75) is 26.7 Å². The van der Waals surface area contributed by atoms with Gasteiger partial charge in [0.15, 0.2) is 0 Å². The number of nitrogens with zero attached hydrogens (tertiary/aromatic N) is 3. The van der Waals surface area contributed by atoms with Gasteiger partial charge in [0.1, 0.15) is 22.6 Å². The summed E-state index contributed by atoms with van der Waals surface area (Å²) < 4.78 is 0. The van der Waals surface area contributed by atoms with Crippen molar-refractivity contribution in [3.05, 3.63) is 28.4 Å². The molecule has 0 aromatic carbocycles. The molecule has 0 radical (unpaired) electrons. The van der Waals surface area contributed by atoms with Gasteiger partial charge in [-0.1, -0.05) is 13.8 Å². The third kappa shape index (κ3) is 2.20. The zero-order valence-electron chi connectivity index (χ0n) is 10.6. The molecule has 0 aliphatic heterocycles. The number of rotatable bonds is 2. The van der Waals surface area contributed by atoms with Gasteiger partial charge in [-0.3, -0.25) is 0 Å². The average Bonchev–Trinajstić information content (AvgIpc) is 2.80. The van der Waals surface area contributed by atoms with Crippen molar-refractivity contribution >= 4 is 17.2 Å². The lowest BCUT2D eigenvalue weighted by atomic mass is 10.1. The van der Waals surface area contributed by atoms with Crippen LogP contribution in [0.25, 0.3) is 10.6 Å². The fraction of sp³-hybridized carbons (Fsp3) is 0.308. The number of hydrogen-bond acceptors (Lipinski definition) is 5. The summed E-state index contributed by atoms with van der Waals surface area (Å²) in [7, 11) is 0. The van der Waals surface area contributed by atoms with E-state index in [-0.39, 0.29) is 5.92 Å². The molecule has 2 aromatic heterocycles. The largest absolute Gasteiger partial charge is 0.383 e. The van der Waals surface area contributed by atoms with E-state index in [4.69, 9.17) is 11.0 Å². The van der Waals surface area contributed by atoms with Crippen molar-refractivity contribution in [3.8, 4) is 16.6 Å². The van der Waals surface area contributed by atoms with Crippen LogP contribution in [0.4, 0.5) is 5.82 Å².